The van der Waals surface area contributed by atoms with Gasteiger partial charge in [0.1, 0.15) is 11.5 Å². The molecule has 6 heteroatoms. The molecule has 0 unspecified atom stereocenters. The van der Waals surface area contributed by atoms with E-state index in [-0.39, 0.29) is 22.1 Å². The zero-order valence-electron chi connectivity index (χ0n) is 16.3. The second-order valence-electron chi connectivity index (χ2n) is 7.81. The smallest absolute Gasteiger partial charge is 0.179 e. The van der Waals surface area contributed by atoms with Crippen molar-refractivity contribution in [2.24, 2.45) is 5.41 Å². The van der Waals surface area contributed by atoms with Crippen LogP contribution in [0.1, 0.15) is 56.6 Å². The van der Waals surface area contributed by atoms with E-state index >= 15 is 0 Å². The zero-order valence-corrected chi connectivity index (χ0v) is 17.1. The molecule has 3 N–H and O–H groups in total. The van der Waals surface area contributed by atoms with E-state index in [1.54, 1.807) is 12.1 Å². The van der Waals surface area contributed by atoms with Crippen LogP contribution in [0.2, 0.25) is 0 Å². The Balaban J connectivity index is 2.28. The Morgan fingerprint density at radius 1 is 1.04 bits per heavy atom. The normalized spacial score (nSPS) is 26.4. The molecule has 2 aromatic carbocycles. The molecule has 3 rings (SSSR count). The lowest BCUT2D eigenvalue weighted by molar-refractivity contribution is 0.0174. The molecule has 2 aromatic rings. The van der Waals surface area contributed by atoms with E-state index in [2.05, 4.69) is 0 Å². The predicted molar refractivity (Wildman–Crippen MR) is 108 cm³/mol. The van der Waals surface area contributed by atoms with Crippen LogP contribution in [0.5, 0.6) is 11.5 Å². The number of phenolic OH excluding ortho intramolecular Hbond substituents is 2. The van der Waals surface area contributed by atoms with Crippen molar-refractivity contribution in [1.82, 2.24) is 0 Å². The van der Waals surface area contributed by atoms with E-state index in [9.17, 15) is 23.7 Å². The maximum Gasteiger partial charge on any atom is 0.179 e. The number of aromatic hydroxyl groups is 2. The molecule has 5 nitrogen and oxygen atoms in total. The average Bonchev–Trinajstić information content (AvgIpc) is 2.72. The molecule has 0 aromatic heterocycles. The second kappa shape index (κ2) is 7.76. The van der Waals surface area contributed by atoms with Gasteiger partial charge in [0.15, 0.2) is 9.84 Å². The zero-order chi connectivity index (χ0) is 20.5. The molecule has 152 valence electrons. The highest BCUT2D eigenvalue weighted by molar-refractivity contribution is 7.91. The third-order valence-corrected chi connectivity index (χ3v) is 8.07. The standard InChI is InChI=1S/C22H28O5S/c1-3-5-12-22(4-2)14-28(26,27)19-11-10-17(24)13-18(19)20(21(22)25)15-6-8-16(23)9-7-15/h6-11,13,20-21,23-25H,3-5,12,14H2,1-2H3/t20-,21-,22+/m0/s1. The van der Waals surface area contributed by atoms with Gasteiger partial charge in [-0.25, -0.2) is 8.42 Å². The van der Waals surface area contributed by atoms with Gasteiger partial charge < -0.3 is 15.3 Å². The summed E-state index contributed by atoms with van der Waals surface area (Å²) < 4.78 is 26.6. The summed E-state index contributed by atoms with van der Waals surface area (Å²) in [4.78, 5) is 0.161. The maximum absolute atomic E-state index is 13.3. The maximum atomic E-state index is 13.3. The number of benzene rings is 2. The third kappa shape index (κ3) is 3.63. The summed E-state index contributed by atoms with van der Waals surface area (Å²) in [5.74, 6) is -0.674. The number of hydrogen-bond acceptors (Lipinski definition) is 5. The van der Waals surface area contributed by atoms with Gasteiger partial charge in [0.25, 0.3) is 0 Å². The number of phenols is 2. The summed E-state index contributed by atoms with van der Waals surface area (Å²) in [6, 6.07) is 10.7. The van der Waals surface area contributed by atoms with Crippen molar-refractivity contribution in [3.05, 3.63) is 53.6 Å². The summed E-state index contributed by atoms with van der Waals surface area (Å²) in [5.41, 5.74) is 0.333. The summed E-state index contributed by atoms with van der Waals surface area (Å²) >= 11 is 0. The summed E-state index contributed by atoms with van der Waals surface area (Å²) in [6.07, 6.45) is 1.93. The fourth-order valence-corrected chi connectivity index (χ4v) is 6.66. The molecule has 0 aliphatic carbocycles. The summed E-state index contributed by atoms with van der Waals surface area (Å²) in [7, 11) is -3.65. The minimum atomic E-state index is -3.65. The summed E-state index contributed by atoms with van der Waals surface area (Å²) in [6.45, 7) is 3.97. The van der Waals surface area contributed by atoms with E-state index in [1.165, 1.54) is 30.3 Å². The molecular formula is C22H28O5S. The first kappa shape index (κ1) is 20.7. The van der Waals surface area contributed by atoms with E-state index in [1.807, 2.05) is 13.8 Å². The fourth-order valence-electron chi connectivity index (χ4n) is 4.41. The SMILES string of the molecule is CCCC[C@]1(CC)CS(=O)(=O)c2ccc(O)cc2[C@H](c2ccc(O)cc2)[C@@H]1O. The second-order valence-corrected chi connectivity index (χ2v) is 9.77. The van der Waals surface area contributed by atoms with Crippen LogP contribution in [-0.2, 0) is 9.84 Å². The van der Waals surface area contributed by atoms with Crippen LogP contribution in [0.3, 0.4) is 0 Å². The number of unbranched alkanes of at least 4 members (excludes halogenated alkanes) is 1. The van der Waals surface area contributed by atoms with Gasteiger partial charge in [0, 0.05) is 11.3 Å². The lowest BCUT2D eigenvalue weighted by Crippen LogP contribution is -2.42. The minimum Gasteiger partial charge on any atom is -0.508 e. The van der Waals surface area contributed by atoms with Crippen molar-refractivity contribution in [1.29, 1.82) is 0 Å². The highest BCUT2D eigenvalue weighted by Gasteiger charge is 2.48. The predicted octanol–water partition coefficient (Wildman–Crippen LogP) is 3.96. The molecule has 0 fully saturated rings. The van der Waals surface area contributed by atoms with Crippen LogP contribution in [0.15, 0.2) is 47.4 Å². The molecule has 0 saturated carbocycles. The van der Waals surface area contributed by atoms with Crippen LogP contribution in [0, 0.1) is 5.41 Å². The van der Waals surface area contributed by atoms with Crippen molar-refractivity contribution < 1.29 is 23.7 Å². The molecule has 0 saturated heterocycles. The van der Waals surface area contributed by atoms with Crippen molar-refractivity contribution >= 4 is 9.84 Å². The number of sulfone groups is 1. The Bertz CT molecular complexity index is 936. The van der Waals surface area contributed by atoms with Crippen molar-refractivity contribution in [2.45, 2.75) is 56.4 Å². The summed E-state index contributed by atoms with van der Waals surface area (Å²) in [5, 5.41) is 31.3. The molecule has 1 aliphatic rings. The van der Waals surface area contributed by atoms with E-state index in [0.29, 0.717) is 24.0 Å². The first-order valence-electron chi connectivity index (χ1n) is 9.77. The largest absolute Gasteiger partial charge is 0.508 e. The molecule has 0 spiro atoms. The van der Waals surface area contributed by atoms with Gasteiger partial charge in [0.2, 0.25) is 0 Å². The van der Waals surface area contributed by atoms with Crippen molar-refractivity contribution in [3.63, 3.8) is 0 Å². The topological polar surface area (TPSA) is 94.8 Å². The lowest BCUT2D eigenvalue weighted by atomic mass is 9.69. The lowest BCUT2D eigenvalue weighted by Gasteiger charge is -2.39. The van der Waals surface area contributed by atoms with Crippen LogP contribution >= 0.6 is 0 Å². The Kier molecular flexibility index (Phi) is 5.73. The van der Waals surface area contributed by atoms with Gasteiger partial charge in [-0.05, 0) is 54.3 Å². The Hall–Kier alpha value is -2.05. The fraction of sp³-hybridized carbons (Fsp3) is 0.455. The molecule has 1 heterocycles. The average molecular weight is 405 g/mol. The van der Waals surface area contributed by atoms with Gasteiger partial charge in [-0.1, -0.05) is 38.8 Å². The molecule has 1 aliphatic heterocycles. The Morgan fingerprint density at radius 2 is 1.68 bits per heavy atom. The highest BCUT2D eigenvalue weighted by Crippen LogP contribution is 2.49. The van der Waals surface area contributed by atoms with Crippen LogP contribution in [-0.4, -0.2) is 35.6 Å². The van der Waals surface area contributed by atoms with Gasteiger partial charge >= 0.3 is 0 Å². The van der Waals surface area contributed by atoms with E-state index < -0.39 is 27.3 Å². The molecule has 28 heavy (non-hydrogen) atoms. The number of aliphatic hydroxyl groups is 1. The molecule has 0 amide bonds. The molecular weight excluding hydrogens is 376 g/mol. The Morgan fingerprint density at radius 3 is 2.29 bits per heavy atom. The van der Waals surface area contributed by atoms with Gasteiger partial charge in [0.05, 0.1) is 16.8 Å². The number of rotatable bonds is 5. The van der Waals surface area contributed by atoms with Crippen LogP contribution < -0.4 is 0 Å². The third-order valence-electron chi connectivity index (χ3n) is 6.07. The molecule has 0 radical (unpaired) electrons. The number of aliphatic hydroxyl groups excluding tert-OH is 1. The van der Waals surface area contributed by atoms with Crippen molar-refractivity contribution in [3.8, 4) is 11.5 Å². The molecule has 0 bridgehead atoms. The van der Waals surface area contributed by atoms with Gasteiger partial charge in [-0.15, -0.1) is 0 Å². The van der Waals surface area contributed by atoms with E-state index in [0.717, 1.165) is 12.8 Å². The number of hydrogen-bond donors (Lipinski definition) is 3. The van der Waals surface area contributed by atoms with Crippen molar-refractivity contribution in [2.75, 3.05) is 5.75 Å². The van der Waals surface area contributed by atoms with Crippen LogP contribution in [0.4, 0.5) is 0 Å². The number of fused-ring (bicyclic) bond motifs is 1. The quantitative estimate of drug-likeness (QED) is 0.701. The van der Waals surface area contributed by atoms with Gasteiger partial charge in [-0.3, -0.25) is 0 Å². The van der Waals surface area contributed by atoms with Crippen LogP contribution in [0.25, 0.3) is 0 Å². The minimum absolute atomic E-state index is 0.0394. The Labute approximate surface area is 166 Å². The first-order valence-corrected chi connectivity index (χ1v) is 11.4. The van der Waals surface area contributed by atoms with Gasteiger partial charge in [-0.2, -0.15) is 0 Å². The highest BCUT2D eigenvalue weighted by atomic mass is 32.2. The monoisotopic (exact) mass is 404 g/mol. The molecule has 3 atom stereocenters. The first-order chi connectivity index (χ1) is 13.2. The van der Waals surface area contributed by atoms with E-state index in [4.69, 9.17) is 0 Å².